The number of benzene rings is 3. The summed E-state index contributed by atoms with van der Waals surface area (Å²) in [5.74, 6) is 0.799. The molecule has 1 aliphatic heterocycles. The van der Waals surface area contributed by atoms with Crippen LogP contribution in [0.4, 0.5) is 16.2 Å². The molecule has 0 saturated heterocycles. The van der Waals surface area contributed by atoms with Gasteiger partial charge in [-0.25, -0.2) is 4.79 Å². The predicted molar refractivity (Wildman–Crippen MR) is 109 cm³/mol. The average molecular weight is 376 g/mol. The van der Waals surface area contributed by atoms with Gasteiger partial charge in [-0.05, 0) is 48.9 Å². The van der Waals surface area contributed by atoms with E-state index in [1.54, 1.807) is 23.8 Å². The van der Waals surface area contributed by atoms with Crippen molar-refractivity contribution in [2.45, 2.75) is 22.8 Å². The fourth-order valence-corrected chi connectivity index (χ4v) is 4.21. The highest BCUT2D eigenvalue weighted by Crippen LogP contribution is 2.47. The van der Waals surface area contributed by atoms with Crippen molar-refractivity contribution in [1.82, 2.24) is 5.32 Å². The van der Waals surface area contributed by atoms with Crippen LogP contribution in [0.1, 0.15) is 18.5 Å². The third-order valence-corrected chi connectivity index (χ3v) is 5.72. The Morgan fingerprint density at radius 1 is 0.926 bits per heavy atom. The predicted octanol–water partition coefficient (Wildman–Crippen LogP) is 5.77. The van der Waals surface area contributed by atoms with Crippen molar-refractivity contribution in [3.05, 3.63) is 78.4 Å². The molecule has 3 aromatic carbocycles. The number of fused-ring (bicyclic) bond motifs is 2. The van der Waals surface area contributed by atoms with E-state index in [4.69, 9.17) is 4.74 Å². The fraction of sp³-hybridized carbons (Fsp3) is 0.136. The quantitative estimate of drug-likeness (QED) is 0.631. The van der Waals surface area contributed by atoms with E-state index in [0.29, 0.717) is 0 Å². The van der Waals surface area contributed by atoms with Crippen LogP contribution in [0.3, 0.4) is 0 Å². The normalized spacial score (nSPS) is 13.3. The molecule has 1 N–H and O–H groups in total. The molecular weight excluding hydrogens is 356 g/mol. The Labute approximate surface area is 163 Å². The molecule has 0 fully saturated rings. The van der Waals surface area contributed by atoms with Gasteiger partial charge in [0.05, 0.1) is 24.5 Å². The number of carbonyl (C=O) groups is 1. The fourth-order valence-electron chi connectivity index (χ4n) is 3.15. The zero-order chi connectivity index (χ0) is 18.8. The number of urea groups is 1. The maximum absolute atomic E-state index is 13.2. The van der Waals surface area contributed by atoms with Crippen LogP contribution < -0.4 is 15.0 Å². The second kappa shape index (κ2) is 7.37. The van der Waals surface area contributed by atoms with Crippen LogP contribution >= 0.6 is 11.8 Å². The second-order valence-electron chi connectivity index (χ2n) is 6.32. The zero-order valence-electron chi connectivity index (χ0n) is 15.2. The lowest BCUT2D eigenvalue weighted by atomic mass is 10.1. The molecule has 0 bridgehead atoms. The Hall–Kier alpha value is -2.92. The Kier molecular flexibility index (Phi) is 4.77. The molecule has 0 saturated carbocycles. The van der Waals surface area contributed by atoms with Crippen LogP contribution in [0.2, 0.25) is 0 Å². The molecule has 136 valence electrons. The van der Waals surface area contributed by atoms with Gasteiger partial charge in [0.15, 0.2) is 0 Å². The molecule has 0 aliphatic carbocycles. The number of para-hydroxylation sites is 2. The summed E-state index contributed by atoms with van der Waals surface area (Å²) in [5.41, 5.74) is 2.83. The van der Waals surface area contributed by atoms with Gasteiger partial charge in [0.2, 0.25) is 0 Å². The van der Waals surface area contributed by atoms with E-state index < -0.39 is 0 Å². The molecule has 0 aromatic heterocycles. The third kappa shape index (κ3) is 3.38. The molecule has 4 rings (SSSR count). The van der Waals surface area contributed by atoms with Gasteiger partial charge >= 0.3 is 6.03 Å². The number of methoxy groups -OCH3 is 1. The lowest BCUT2D eigenvalue weighted by Crippen LogP contribution is -2.39. The van der Waals surface area contributed by atoms with Crippen molar-refractivity contribution >= 4 is 29.2 Å². The SMILES string of the molecule is COc1ccc([C@H](C)NC(=O)N2c3ccccc3Sc3ccccc32)cc1. The summed E-state index contributed by atoms with van der Waals surface area (Å²) in [4.78, 5) is 17.1. The van der Waals surface area contributed by atoms with Crippen LogP contribution in [0.15, 0.2) is 82.6 Å². The van der Waals surface area contributed by atoms with Crippen molar-refractivity contribution in [2.75, 3.05) is 12.0 Å². The van der Waals surface area contributed by atoms with Gasteiger partial charge in [-0.3, -0.25) is 4.90 Å². The van der Waals surface area contributed by atoms with Crippen molar-refractivity contribution in [3.63, 3.8) is 0 Å². The monoisotopic (exact) mass is 376 g/mol. The molecule has 1 heterocycles. The first-order valence-electron chi connectivity index (χ1n) is 8.78. The van der Waals surface area contributed by atoms with Gasteiger partial charge in [-0.2, -0.15) is 0 Å². The average Bonchev–Trinajstić information content (AvgIpc) is 2.71. The molecule has 1 aliphatic rings. The van der Waals surface area contributed by atoms with E-state index in [1.807, 2.05) is 79.7 Å². The van der Waals surface area contributed by atoms with Crippen molar-refractivity contribution in [2.24, 2.45) is 0 Å². The van der Waals surface area contributed by atoms with Gasteiger partial charge in [0.25, 0.3) is 0 Å². The Bertz CT molecular complexity index is 927. The molecule has 0 radical (unpaired) electrons. The van der Waals surface area contributed by atoms with E-state index in [-0.39, 0.29) is 12.1 Å². The number of anilines is 2. The van der Waals surface area contributed by atoms with Crippen LogP contribution in [0.5, 0.6) is 5.75 Å². The van der Waals surface area contributed by atoms with E-state index in [9.17, 15) is 4.79 Å². The highest BCUT2D eigenvalue weighted by molar-refractivity contribution is 7.99. The number of nitrogens with zero attached hydrogens (tertiary/aromatic N) is 1. The van der Waals surface area contributed by atoms with Gasteiger partial charge in [-0.1, -0.05) is 48.2 Å². The molecule has 4 nitrogen and oxygen atoms in total. The smallest absolute Gasteiger partial charge is 0.327 e. The molecule has 27 heavy (non-hydrogen) atoms. The highest BCUT2D eigenvalue weighted by Gasteiger charge is 2.28. The van der Waals surface area contributed by atoms with Crippen molar-refractivity contribution < 1.29 is 9.53 Å². The number of amides is 2. The number of hydrogen-bond acceptors (Lipinski definition) is 3. The summed E-state index contributed by atoms with van der Waals surface area (Å²) in [6.07, 6.45) is 0. The molecule has 1 atom stereocenters. The Morgan fingerprint density at radius 3 is 2.04 bits per heavy atom. The van der Waals surface area contributed by atoms with Crippen LogP contribution in [0.25, 0.3) is 0 Å². The van der Waals surface area contributed by atoms with E-state index in [2.05, 4.69) is 5.32 Å². The first kappa shape index (κ1) is 17.5. The molecule has 2 amide bonds. The first-order valence-corrected chi connectivity index (χ1v) is 9.59. The molecule has 5 heteroatoms. The second-order valence-corrected chi connectivity index (χ2v) is 7.40. The zero-order valence-corrected chi connectivity index (χ0v) is 16.0. The topological polar surface area (TPSA) is 41.6 Å². The standard InChI is InChI=1S/C22H20N2O2S/c1-15(16-11-13-17(26-2)14-12-16)23-22(25)24-18-7-3-5-9-20(18)27-21-10-6-4-8-19(21)24/h3-15H,1-2H3,(H,23,25)/t15-/m0/s1. The largest absolute Gasteiger partial charge is 0.497 e. The number of rotatable bonds is 3. The molecule has 0 spiro atoms. The van der Waals surface area contributed by atoms with Crippen LogP contribution in [0, 0.1) is 0 Å². The van der Waals surface area contributed by atoms with E-state index in [1.165, 1.54) is 0 Å². The van der Waals surface area contributed by atoms with Crippen LogP contribution in [-0.4, -0.2) is 13.1 Å². The maximum atomic E-state index is 13.2. The van der Waals surface area contributed by atoms with Gasteiger partial charge in [0, 0.05) is 9.79 Å². The van der Waals surface area contributed by atoms with Crippen LogP contribution in [-0.2, 0) is 0 Å². The number of carbonyl (C=O) groups excluding carboxylic acids is 1. The van der Waals surface area contributed by atoms with Gasteiger partial charge in [-0.15, -0.1) is 0 Å². The Morgan fingerprint density at radius 2 is 1.48 bits per heavy atom. The summed E-state index contributed by atoms with van der Waals surface area (Å²) in [6.45, 7) is 1.98. The summed E-state index contributed by atoms with van der Waals surface area (Å²) in [6, 6.07) is 23.4. The van der Waals surface area contributed by atoms with Gasteiger partial charge < -0.3 is 10.1 Å². The minimum Gasteiger partial charge on any atom is -0.497 e. The van der Waals surface area contributed by atoms with E-state index in [0.717, 1.165) is 32.5 Å². The summed E-state index contributed by atoms with van der Waals surface area (Å²) in [7, 11) is 1.64. The van der Waals surface area contributed by atoms with E-state index >= 15 is 0 Å². The minimum atomic E-state index is -0.140. The summed E-state index contributed by atoms with van der Waals surface area (Å²) >= 11 is 1.69. The third-order valence-electron chi connectivity index (χ3n) is 4.59. The highest BCUT2D eigenvalue weighted by atomic mass is 32.2. The summed E-state index contributed by atoms with van der Waals surface area (Å²) in [5, 5.41) is 3.12. The number of ether oxygens (including phenoxy) is 1. The van der Waals surface area contributed by atoms with Gasteiger partial charge in [0.1, 0.15) is 5.75 Å². The molecular formula is C22H20N2O2S. The number of hydrogen-bond donors (Lipinski definition) is 1. The summed E-state index contributed by atoms with van der Waals surface area (Å²) < 4.78 is 5.21. The minimum absolute atomic E-state index is 0.127. The maximum Gasteiger partial charge on any atom is 0.327 e. The molecule has 0 unspecified atom stereocenters. The lowest BCUT2D eigenvalue weighted by molar-refractivity contribution is 0.245. The Balaban J connectivity index is 1.63. The van der Waals surface area contributed by atoms with Crippen molar-refractivity contribution in [3.8, 4) is 5.75 Å². The van der Waals surface area contributed by atoms with Crippen molar-refractivity contribution in [1.29, 1.82) is 0 Å². The first-order chi connectivity index (χ1) is 13.2. The number of nitrogens with one attached hydrogen (secondary N) is 1. The lowest BCUT2D eigenvalue weighted by Gasteiger charge is -2.32. The molecule has 3 aromatic rings.